The first-order valence-corrected chi connectivity index (χ1v) is 7.66. The summed E-state index contributed by atoms with van der Waals surface area (Å²) in [5.74, 6) is 0.777. The highest BCUT2D eigenvalue weighted by Crippen LogP contribution is 2.29. The van der Waals surface area contributed by atoms with Crippen LogP contribution in [0.1, 0.15) is 44.1 Å². The van der Waals surface area contributed by atoms with Crippen molar-refractivity contribution in [1.29, 1.82) is 0 Å². The monoisotopic (exact) mass is 271 g/mol. The Kier molecular flexibility index (Phi) is 3.86. The van der Waals surface area contributed by atoms with Gasteiger partial charge < -0.3 is 4.90 Å². The van der Waals surface area contributed by atoms with Crippen LogP contribution in [0.4, 0.5) is 5.69 Å². The van der Waals surface area contributed by atoms with Crippen molar-refractivity contribution in [1.82, 2.24) is 0 Å². The van der Waals surface area contributed by atoms with E-state index in [1.165, 1.54) is 5.56 Å². The molecule has 1 aliphatic carbocycles. The van der Waals surface area contributed by atoms with Crippen LogP contribution in [0.2, 0.25) is 0 Å². The van der Waals surface area contributed by atoms with Gasteiger partial charge in [-0.2, -0.15) is 0 Å². The number of hydrogen-bond donors (Lipinski definition) is 0. The number of carbonyl (C=O) groups excluding carboxylic acids is 2. The fourth-order valence-corrected chi connectivity index (χ4v) is 3.41. The molecule has 1 amide bonds. The second kappa shape index (κ2) is 5.78. The number of amides is 1. The van der Waals surface area contributed by atoms with Gasteiger partial charge in [0.25, 0.3) is 0 Å². The quantitative estimate of drug-likeness (QED) is 0.847. The van der Waals surface area contributed by atoms with E-state index in [9.17, 15) is 9.59 Å². The molecule has 1 aromatic rings. The number of rotatable bonds is 3. The lowest BCUT2D eigenvalue weighted by Gasteiger charge is -2.24. The van der Waals surface area contributed by atoms with Gasteiger partial charge in [-0.25, -0.2) is 0 Å². The number of aryl methyl sites for hydroxylation is 1. The van der Waals surface area contributed by atoms with Gasteiger partial charge in [0.15, 0.2) is 0 Å². The number of fused-ring (bicyclic) bond motifs is 1. The molecule has 106 valence electrons. The average molecular weight is 271 g/mol. The van der Waals surface area contributed by atoms with Gasteiger partial charge in [0.2, 0.25) is 5.91 Å². The van der Waals surface area contributed by atoms with Crippen molar-refractivity contribution >= 4 is 17.4 Å². The van der Waals surface area contributed by atoms with Crippen molar-refractivity contribution in [2.45, 2.75) is 44.9 Å². The van der Waals surface area contributed by atoms with E-state index in [-0.39, 0.29) is 11.8 Å². The minimum absolute atomic E-state index is 0.179. The van der Waals surface area contributed by atoms with E-state index in [1.807, 2.05) is 23.1 Å². The van der Waals surface area contributed by atoms with Gasteiger partial charge in [-0.15, -0.1) is 0 Å². The van der Waals surface area contributed by atoms with Crippen LogP contribution in [0.5, 0.6) is 0 Å². The molecule has 3 rings (SSSR count). The summed E-state index contributed by atoms with van der Waals surface area (Å²) in [6.07, 6.45) is 6.09. The minimum Gasteiger partial charge on any atom is -0.312 e. The summed E-state index contributed by atoms with van der Waals surface area (Å²) < 4.78 is 0. The Morgan fingerprint density at radius 3 is 2.70 bits per heavy atom. The number of hydrogen-bond acceptors (Lipinski definition) is 2. The van der Waals surface area contributed by atoms with Crippen molar-refractivity contribution < 1.29 is 9.59 Å². The van der Waals surface area contributed by atoms with E-state index in [0.29, 0.717) is 18.7 Å². The van der Waals surface area contributed by atoms with E-state index in [2.05, 4.69) is 6.07 Å². The van der Waals surface area contributed by atoms with Crippen LogP contribution in [-0.4, -0.2) is 18.2 Å². The molecule has 0 N–H and O–H groups in total. The number of ketones is 1. The Balaban J connectivity index is 1.76. The third kappa shape index (κ3) is 2.62. The maximum absolute atomic E-state index is 12.3. The maximum atomic E-state index is 12.3. The number of nitrogens with zero attached hydrogens (tertiary/aromatic N) is 1. The zero-order valence-electron chi connectivity index (χ0n) is 11.8. The van der Waals surface area contributed by atoms with Crippen molar-refractivity contribution in [2.75, 3.05) is 11.4 Å². The number of para-hydroxylation sites is 1. The van der Waals surface area contributed by atoms with Crippen molar-refractivity contribution in [3.8, 4) is 0 Å². The predicted molar refractivity (Wildman–Crippen MR) is 78.7 cm³/mol. The first kappa shape index (κ1) is 13.3. The van der Waals surface area contributed by atoms with Crippen LogP contribution in [0.25, 0.3) is 0 Å². The van der Waals surface area contributed by atoms with Gasteiger partial charge in [-0.3, -0.25) is 9.59 Å². The molecule has 1 saturated carbocycles. The van der Waals surface area contributed by atoms with E-state index in [0.717, 1.165) is 44.2 Å². The van der Waals surface area contributed by atoms with E-state index in [4.69, 9.17) is 0 Å². The third-order valence-corrected chi connectivity index (χ3v) is 4.55. The lowest BCUT2D eigenvalue weighted by atomic mass is 10.0. The summed E-state index contributed by atoms with van der Waals surface area (Å²) in [4.78, 5) is 26.0. The van der Waals surface area contributed by atoms with Crippen LogP contribution >= 0.6 is 0 Å². The summed E-state index contributed by atoms with van der Waals surface area (Å²) in [6, 6.07) is 8.18. The second-order valence-corrected chi connectivity index (χ2v) is 5.87. The Morgan fingerprint density at radius 1 is 1.05 bits per heavy atom. The molecule has 1 heterocycles. The molecular formula is C17H21NO2. The summed E-state index contributed by atoms with van der Waals surface area (Å²) in [6.45, 7) is 0.687. The SMILES string of the molecule is O=C1CCCC1CCN1C(=O)CCCc2ccccc21. The number of anilines is 1. The topological polar surface area (TPSA) is 37.4 Å². The van der Waals surface area contributed by atoms with Gasteiger partial charge in [0.1, 0.15) is 5.78 Å². The van der Waals surface area contributed by atoms with E-state index in [1.54, 1.807) is 0 Å². The largest absolute Gasteiger partial charge is 0.312 e. The van der Waals surface area contributed by atoms with E-state index >= 15 is 0 Å². The highest BCUT2D eigenvalue weighted by atomic mass is 16.2. The first-order valence-electron chi connectivity index (χ1n) is 7.66. The van der Waals surface area contributed by atoms with Crippen molar-refractivity contribution in [3.05, 3.63) is 29.8 Å². The second-order valence-electron chi connectivity index (χ2n) is 5.87. The highest BCUT2D eigenvalue weighted by molar-refractivity contribution is 5.95. The minimum atomic E-state index is 0.179. The molecule has 0 spiro atoms. The van der Waals surface area contributed by atoms with Crippen molar-refractivity contribution in [2.24, 2.45) is 5.92 Å². The fourth-order valence-electron chi connectivity index (χ4n) is 3.41. The van der Waals surface area contributed by atoms with Crippen LogP contribution < -0.4 is 4.90 Å². The average Bonchev–Trinajstić information content (AvgIpc) is 2.78. The predicted octanol–water partition coefficient (Wildman–Crippen LogP) is 3.12. The molecule has 1 atom stereocenters. The summed E-state index contributed by atoms with van der Waals surface area (Å²) >= 11 is 0. The maximum Gasteiger partial charge on any atom is 0.226 e. The lowest BCUT2D eigenvalue weighted by molar-refractivity contribution is -0.121. The standard InChI is InChI=1S/C17H21NO2/c19-16-9-3-7-14(16)11-12-18-15-8-2-1-5-13(15)6-4-10-17(18)20/h1-2,5,8,14H,3-4,6-7,9-12H2. The van der Waals surface area contributed by atoms with Gasteiger partial charge in [-0.1, -0.05) is 18.2 Å². The molecule has 0 radical (unpaired) electrons. The molecule has 1 fully saturated rings. The molecule has 3 nitrogen and oxygen atoms in total. The summed E-state index contributed by atoms with van der Waals surface area (Å²) in [5, 5.41) is 0. The third-order valence-electron chi connectivity index (χ3n) is 4.55. The molecule has 3 heteroatoms. The Labute approximate surface area is 120 Å². The Bertz CT molecular complexity index is 523. The number of benzene rings is 1. The van der Waals surface area contributed by atoms with Gasteiger partial charge in [-0.05, 0) is 43.7 Å². The molecule has 1 unspecified atom stereocenters. The lowest BCUT2D eigenvalue weighted by Crippen LogP contribution is -2.32. The first-order chi connectivity index (χ1) is 9.75. The zero-order chi connectivity index (χ0) is 13.9. The molecule has 0 aromatic heterocycles. The molecule has 1 aromatic carbocycles. The molecule has 20 heavy (non-hydrogen) atoms. The van der Waals surface area contributed by atoms with Crippen LogP contribution in [0.15, 0.2) is 24.3 Å². The molecule has 2 aliphatic rings. The normalized spacial score (nSPS) is 22.8. The van der Waals surface area contributed by atoms with E-state index < -0.39 is 0 Å². The zero-order valence-corrected chi connectivity index (χ0v) is 11.8. The van der Waals surface area contributed by atoms with Crippen molar-refractivity contribution in [3.63, 3.8) is 0 Å². The van der Waals surface area contributed by atoms with Crippen LogP contribution in [-0.2, 0) is 16.0 Å². The van der Waals surface area contributed by atoms with Gasteiger partial charge in [0.05, 0.1) is 0 Å². The highest BCUT2D eigenvalue weighted by Gasteiger charge is 2.27. The van der Waals surface area contributed by atoms with Gasteiger partial charge in [0, 0.05) is 31.0 Å². The Hall–Kier alpha value is -1.64. The van der Waals surface area contributed by atoms with Crippen LogP contribution in [0, 0.1) is 5.92 Å². The molecule has 0 bridgehead atoms. The fraction of sp³-hybridized carbons (Fsp3) is 0.529. The smallest absolute Gasteiger partial charge is 0.226 e. The molecular weight excluding hydrogens is 250 g/mol. The Morgan fingerprint density at radius 2 is 1.90 bits per heavy atom. The summed E-state index contributed by atoms with van der Waals surface area (Å²) in [5.41, 5.74) is 2.32. The summed E-state index contributed by atoms with van der Waals surface area (Å²) in [7, 11) is 0. The molecule has 0 saturated heterocycles. The number of carbonyl (C=O) groups is 2. The molecule has 1 aliphatic heterocycles. The number of Topliss-reactive ketones (excluding diaryl/α,β-unsaturated/α-hetero) is 1. The van der Waals surface area contributed by atoms with Crippen LogP contribution in [0.3, 0.4) is 0 Å². The van der Waals surface area contributed by atoms with Gasteiger partial charge >= 0.3 is 0 Å².